The molecule has 4 heteroatoms. The Morgan fingerprint density at radius 3 is 2.47 bits per heavy atom. The van der Waals surface area contributed by atoms with Gasteiger partial charge < -0.3 is 4.74 Å². The van der Waals surface area contributed by atoms with Crippen LogP contribution in [0.4, 0.5) is 4.39 Å². The van der Waals surface area contributed by atoms with Gasteiger partial charge in [0.25, 0.3) is 0 Å². The number of aryl methyl sites for hydroxylation is 1. The average molecular weight is 259 g/mol. The fourth-order valence-electron chi connectivity index (χ4n) is 1.60. The predicted molar refractivity (Wildman–Crippen MR) is 65.9 cm³/mol. The van der Waals surface area contributed by atoms with Crippen molar-refractivity contribution in [2.45, 2.75) is 31.9 Å². The fourth-order valence-corrected chi connectivity index (χ4v) is 1.73. The number of methoxy groups -OCH3 is 1. The first kappa shape index (κ1) is 14.0. The number of hydrogen-bond acceptors (Lipinski definition) is 2. The van der Waals surface area contributed by atoms with E-state index in [1.807, 2.05) is 12.1 Å². The summed E-state index contributed by atoms with van der Waals surface area (Å²) in [6.45, 7) is 1.64. The van der Waals surface area contributed by atoms with E-state index in [2.05, 4.69) is 4.74 Å². The molecule has 0 aliphatic heterocycles. The van der Waals surface area contributed by atoms with Crippen molar-refractivity contribution in [2.75, 3.05) is 7.11 Å². The largest absolute Gasteiger partial charge is 0.467 e. The maximum absolute atomic E-state index is 14.2. The number of carbonyl (C=O) groups excluding carboxylic acids is 1. The Morgan fingerprint density at radius 1 is 1.41 bits per heavy atom. The molecule has 0 amide bonds. The first-order chi connectivity index (χ1) is 8.01. The molecule has 1 aromatic carbocycles. The van der Waals surface area contributed by atoms with Crippen molar-refractivity contribution in [3.8, 4) is 0 Å². The lowest BCUT2D eigenvalue weighted by atomic mass is 9.94. The molecule has 1 unspecified atom stereocenters. The zero-order valence-electron chi connectivity index (χ0n) is 10.0. The number of rotatable bonds is 5. The van der Waals surface area contributed by atoms with Crippen LogP contribution in [0.1, 0.15) is 25.3 Å². The standard InChI is InChI=1S/C13H16ClFO2/c1-3-13(15,12(16)17-2)9-8-10-4-6-11(14)7-5-10/h4-7H,3,8-9H2,1-2H3. The van der Waals surface area contributed by atoms with Crippen LogP contribution in [0.2, 0.25) is 5.02 Å². The third kappa shape index (κ3) is 3.70. The fraction of sp³-hybridized carbons (Fsp3) is 0.462. The monoisotopic (exact) mass is 258 g/mol. The second kappa shape index (κ2) is 6.01. The van der Waals surface area contributed by atoms with Gasteiger partial charge in [-0.05, 0) is 37.0 Å². The molecule has 0 saturated heterocycles. The van der Waals surface area contributed by atoms with E-state index >= 15 is 0 Å². The summed E-state index contributed by atoms with van der Waals surface area (Å²) >= 11 is 5.75. The Labute approximate surface area is 106 Å². The van der Waals surface area contributed by atoms with Gasteiger partial charge in [0.2, 0.25) is 5.67 Å². The van der Waals surface area contributed by atoms with Crippen molar-refractivity contribution in [2.24, 2.45) is 0 Å². The Kier molecular flexibility index (Phi) is 4.94. The average Bonchev–Trinajstić information content (AvgIpc) is 2.36. The molecule has 0 heterocycles. The van der Waals surface area contributed by atoms with Gasteiger partial charge in [-0.25, -0.2) is 9.18 Å². The summed E-state index contributed by atoms with van der Waals surface area (Å²) in [5.41, 5.74) is -0.942. The SMILES string of the molecule is CCC(F)(CCc1ccc(Cl)cc1)C(=O)OC. The van der Waals surface area contributed by atoms with Crippen LogP contribution < -0.4 is 0 Å². The van der Waals surface area contributed by atoms with Gasteiger partial charge in [-0.3, -0.25) is 0 Å². The van der Waals surface area contributed by atoms with Crippen LogP contribution in [0.3, 0.4) is 0 Å². The molecule has 2 nitrogen and oxygen atoms in total. The van der Waals surface area contributed by atoms with E-state index in [0.717, 1.165) is 5.56 Å². The van der Waals surface area contributed by atoms with E-state index in [1.54, 1.807) is 19.1 Å². The Hall–Kier alpha value is -1.09. The second-order valence-corrected chi connectivity index (χ2v) is 4.37. The molecule has 0 saturated carbocycles. The smallest absolute Gasteiger partial charge is 0.343 e. The molecule has 0 spiro atoms. The molecule has 1 atom stereocenters. The van der Waals surface area contributed by atoms with Gasteiger partial charge in [0.05, 0.1) is 7.11 Å². The molecule has 0 aromatic heterocycles. The molecule has 94 valence electrons. The van der Waals surface area contributed by atoms with Crippen molar-refractivity contribution in [3.05, 3.63) is 34.9 Å². The Balaban J connectivity index is 2.65. The maximum Gasteiger partial charge on any atom is 0.343 e. The van der Waals surface area contributed by atoms with E-state index in [0.29, 0.717) is 11.4 Å². The van der Waals surface area contributed by atoms with E-state index in [4.69, 9.17) is 11.6 Å². The highest BCUT2D eigenvalue weighted by Crippen LogP contribution is 2.25. The summed E-state index contributed by atoms with van der Waals surface area (Å²) in [6, 6.07) is 7.16. The van der Waals surface area contributed by atoms with E-state index < -0.39 is 11.6 Å². The summed E-state index contributed by atoms with van der Waals surface area (Å²) in [5, 5.41) is 0.642. The van der Waals surface area contributed by atoms with Gasteiger partial charge in [-0.15, -0.1) is 0 Å². The molecule has 17 heavy (non-hydrogen) atoms. The first-order valence-electron chi connectivity index (χ1n) is 5.53. The summed E-state index contributed by atoms with van der Waals surface area (Å²) in [7, 11) is 1.20. The predicted octanol–water partition coefficient (Wildman–Crippen LogP) is 3.56. The zero-order chi connectivity index (χ0) is 12.9. The minimum atomic E-state index is -1.89. The first-order valence-corrected chi connectivity index (χ1v) is 5.91. The third-order valence-electron chi connectivity index (χ3n) is 2.83. The summed E-state index contributed by atoms with van der Waals surface area (Å²) in [6.07, 6.45) is 0.724. The number of carbonyl (C=O) groups is 1. The van der Waals surface area contributed by atoms with Crippen LogP contribution >= 0.6 is 11.6 Å². The molecular weight excluding hydrogens is 243 g/mol. The molecule has 0 aliphatic carbocycles. The van der Waals surface area contributed by atoms with E-state index in [-0.39, 0.29) is 12.8 Å². The van der Waals surface area contributed by atoms with Gasteiger partial charge in [0.15, 0.2) is 0 Å². The Bertz CT molecular complexity index is 378. The zero-order valence-corrected chi connectivity index (χ0v) is 10.8. The second-order valence-electron chi connectivity index (χ2n) is 3.94. The number of esters is 1. The normalized spacial score (nSPS) is 14.1. The van der Waals surface area contributed by atoms with Crippen molar-refractivity contribution in [1.82, 2.24) is 0 Å². The highest BCUT2D eigenvalue weighted by molar-refractivity contribution is 6.30. The van der Waals surface area contributed by atoms with Crippen LogP contribution in [0.15, 0.2) is 24.3 Å². The number of halogens is 2. The quantitative estimate of drug-likeness (QED) is 0.755. The van der Waals surface area contributed by atoms with Crippen LogP contribution in [-0.2, 0) is 16.0 Å². The Morgan fingerprint density at radius 2 is 2.00 bits per heavy atom. The third-order valence-corrected chi connectivity index (χ3v) is 3.09. The van der Waals surface area contributed by atoms with Gasteiger partial charge in [0.1, 0.15) is 0 Å². The van der Waals surface area contributed by atoms with Gasteiger partial charge in [-0.2, -0.15) is 0 Å². The van der Waals surface area contributed by atoms with Crippen molar-refractivity contribution >= 4 is 17.6 Å². The van der Waals surface area contributed by atoms with Crippen LogP contribution in [0.5, 0.6) is 0 Å². The number of hydrogen-bond donors (Lipinski definition) is 0. The molecule has 1 rings (SSSR count). The van der Waals surface area contributed by atoms with Gasteiger partial charge in [-0.1, -0.05) is 30.7 Å². The number of benzene rings is 1. The lowest BCUT2D eigenvalue weighted by Crippen LogP contribution is -2.34. The highest BCUT2D eigenvalue weighted by Gasteiger charge is 2.37. The molecule has 0 aliphatic rings. The lowest BCUT2D eigenvalue weighted by molar-refractivity contribution is -0.155. The number of alkyl halides is 1. The number of ether oxygens (including phenoxy) is 1. The molecule has 0 bridgehead atoms. The summed E-state index contributed by atoms with van der Waals surface area (Å²) < 4.78 is 18.7. The van der Waals surface area contributed by atoms with Crippen LogP contribution in [-0.4, -0.2) is 18.7 Å². The van der Waals surface area contributed by atoms with E-state index in [1.165, 1.54) is 7.11 Å². The van der Waals surface area contributed by atoms with E-state index in [9.17, 15) is 9.18 Å². The topological polar surface area (TPSA) is 26.3 Å². The molecular formula is C13H16ClFO2. The minimum absolute atomic E-state index is 0.118. The molecule has 0 N–H and O–H groups in total. The summed E-state index contributed by atoms with van der Waals surface area (Å²) in [4.78, 5) is 11.3. The van der Waals surface area contributed by atoms with Crippen LogP contribution in [0, 0.1) is 0 Å². The summed E-state index contributed by atoms with van der Waals surface area (Å²) in [5.74, 6) is -0.797. The highest BCUT2D eigenvalue weighted by atomic mass is 35.5. The lowest BCUT2D eigenvalue weighted by Gasteiger charge is -2.20. The maximum atomic E-state index is 14.2. The van der Waals surface area contributed by atoms with Crippen molar-refractivity contribution in [3.63, 3.8) is 0 Å². The van der Waals surface area contributed by atoms with Gasteiger partial charge in [0, 0.05) is 5.02 Å². The molecule has 1 aromatic rings. The van der Waals surface area contributed by atoms with Crippen molar-refractivity contribution in [1.29, 1.82) is 0 Å². The van der Waals surface area contributed by atoms with Gasteiger partial charge >= 0.3 is 5.97 Å². The van der Waals surface area contributed by atoms with Crippen LogP contribution in [0.25, 0.3) is 0 Å². The molecule has 0 fully saturated rings. The van der Waals surface area contributed by atoms with Crippen molar-refractivity contribution < 1.29 is 13.9 Å². The minimum Gasteiger partial charge on any atom is -0.467 e. The molecule has 0 radical (unpaired) electrons.